The highest BCUT2D eigenvalue weighted by Crippen LogP contribution is 2.27. The lowest BCUT2D eigenvalue weighted by molar-refractivity contribution is 0.00309. The van der Waals surface area contributed by atoms with Gasteiger partial charge in [0.25, 0.3) is 0 Å². The molecule has 0 saturated carbocycles. The molecule has 0 saturated heterocycles. The average Bonchev–Trinajstić information content (AvgIpc) is 2.32. The minimum atomic E-state index is -2.02. The number of halogens is 4. The molecule has 0 heterocycles. The quantitative estimate of drug-likeness (QED) is 0.457. The maximum Gasteiger partial charge on any atom is 0.344 e. The van der Waals surface area contributed by atoms with Crippen molar-refractivity contribution < 1.29 is 36.6 Å². The second-order valence-corrected chi connectivity index (χ2v) is 7.01. The fourth-order valence-corrected chi connectivity index (χ4v) is 1.65. The first kappa shape index (κ1) is 19.9. The summed E-state index contributed by atoms with van der Waals surface area (Å²) >= 11 is 0. The molecule has 8 heteroatoms. The van der Waals surface area contributed by atoms with Gasteiger partial charge in [-0.15, -0.1) is 0 Å². The van der Waals surface area contributed by atoms with Gasteiger partial charge in [0.1, 0.15) is 22.3 Å². The molecule has 134 valence electrons. The maximum absolute atomic E-state index is 14.0. The number of hydrogen-bond donors (Lipinski definition) is 0. The molecule has 0 radical (unpaired) electrons. The maximum atomic E-state index is 14.0. The van der Waals surface area contributed by atoms with Crippen molar-refractivity contribution in [1.29, 1.82) is 0 Å². The normalized spacial score (nSPS) is 12.1. The van der Waals surface area contributed by atoms with Gasteiger partial charge in [-0.25, -0.2) is 27.2 Å². The van der Waals surface area contributed by atoms with Crippen LogP contribution in [0.25, 0.3) is 0 Å². The Morgan fingerprint density at radius 3 is 1.00 bits per heavy atom. The van der Waals surface area contributed by atoms with Crippen LogP contribution >= 0.6 is 0 Å². The van der Waals surface area contributed by atoms with E-state index in [2.05, 4.69) is 0 Å². The molecule has 1 aromatic carbocycles. The largest absolute Gasteiger partial charge is 0.456 e. The monoisotopic (exact) mass is 350 g/mol. The summed E-state index contributed by atoms with van der Waals surface area (Å²) in [4.78, 5) is 23.5. The summed E-state index contributed by atoms with van der Waals surface area (Å²) in [7, 11) is 0. The van der Waals surface area contributed by atoms with E-state index in [9.17, 15) is 27.2 Å². The molecule has 24 heavy (non-hydrogen) atoms. The molecule has 0 amide bonds. The van der Waals surface area contributed by atoms with Gasteiger partial charge in [0, 0.05) is 0 Å². The van der Waals surface area contributed by atoms with Crippen LogP contribution in [-0.2, 0) is 9.47 Å². The van der Waals surface area contributed by atoms with E-state index in [-0.39, 0.29) is 0 Å². The molecule has 0 bridgehead atoms. The summed E-state index contributed by atoms with van der Waals surface area (Å²) in [6, 6.07) is 0. The zero-order chi connectivity index (χ0) is 19.0. The molecular formula is C16H18F4O4. The number of carbonyl (C=O) groups is 2. The van der Waals surface area contributed by atoms with Crippen LogP contribution in [0, 0.1) is 23.3 Å². The van der Waals surface area contributed by atoms with E-state index in [1.54, 1.807) is 0 Å². The predicted octanol–water partition coefficient (Wildman–Crippen LogP) is 4.15. The van der Waals surface area contributed by atoms with Crippen molar-refractivity contribution in [2.24, 2.45) is 0 Å². The first-order chi connectivity index (χ1) is 10.7. The summed E-state index contributed by atoms with van der Waals surface area (Å²) in [6.45, 7) is 8.43. The van der Waals surface area contributed by atoms with Crippen LogP contribution in [0.15, 0.2) is 0 Å². The van der Waals surface area contributed by atoms with Crippen molar-refractivity contribution in [3.05, 3.63) is 34.4 Å². The van der Waals surface area contributed by atoms with Crippen molar-refractivity contribution in [3.63, 3.8) is 0 Å². The van der Waals surface area contributed by atoms with Gasteiger partial charge in [-0.2, -0.15) is 0 Å². The van der Waals surface area contributed by atoms with Gasteiger partial charge < -0.3 is 9.47 Å². The molecule has 0 unspecified atom stereocenters. The highest BCUT2D eigenvalue weighted by molar-refractivity contribution is 5.94. The molecule has 0 N–H and O–H groups in total. The van der Waals surface area contributed by atoms with E-state index in [4.69, 9.17) is 9.47 Å². The molecular weight excluding hydrogens is 332 g/mol. The molecule has 4 nitrogen and oxygen atoms in total. The van der Waals surface area contributed by atoms with E-state index in [1.165, 1.54) is 41.5 Å². The first-order valence-corrected chi connectivity index (χ1v) is 6.98. The Kier molecular flexibility index (Phi) is 5.32. The minimum absolute atomic E-state index is 1.15. The second kappa shape index (κ2) is 6.41. The minimum Gasteiger partial charge on any atom is -0.456 e. The summed E-state index contributed by atoms with van der Waals surface area (Å²) in [6.07, 6.45) is 0. The first-order valence-electron chi connectivity index (χ1n) is 6.98. The second-order valence-electron chi connectivity index (χ2n) is 7.01. The molecule has 0 atom stereocenters. The van der Waals surface area contributed by atoms with E-state index in [0.717, 1.165) is 0 Å². The Bertz CT molecular complexity index is 597. The van der Waals surface area contributed by atoms with Crippen molar-refractivity contribution in [1.82, 2.24) is 0 Å². The van der Waals surface area contributed by atoms with Crippen molar-refractivity contribution >= 4 is 11.9 Å². The van der Waals surface area contributed by atoms with Crippen LogP contribution in [-0.4, -0.2) is 23.1 Å². The van der Waals surface area contributed by atoms with Crippen LogP contribution < -0.4 is 0 Å². The van der Waals surface area contributed by atoms with Gasteiger partial charge in [0.05, 0.1) is 0 Å². The van der Waals surface area contributed by atoms with Crippen LogP contribution in [0.5, 0.6) is 0 Å². The number of benzene rings is 1. The van der Waals surface area contributed by atoms with Crippen LogP contribution in [0.2, 0.25) is 0 Å². The van der Waals surface area contributed by atoms with E-state index >= 15 is 0 Å². The van der Waals surface area contributed by atoms with Crippen LogP contribution in [0.3, 0.4) is 0 Å². The Morgan fingerprint density at radius 1 is 0.625 bits per heavy atom. The van der Waals surface area contributed by atoms with Gasteiger partial charge >= 0.3 is 11.9 Å². The van der Waals surface area contributed by atoms with Gasteiger partial charge in [0.15, 0.2) is 23.3 Å². The third kappa shape index (κ3) is 4.46. The lowest BCUT2D eigenvalue weighted by Crippen LogP contribution is -2.28. The third-order valence-corrected chi connectivity index (χ3v) is 2.47. The SMILES string of the molecule is CC(C)(C)OC(=O)c1c(F)c(F)c(C(=O)OC(C)(C)C)c(F)c1F. The summed E-state index contributed by atoms with van der Waals surface area (Å²) in [5, 5.41) is 0. The molecule has 1 aromatic rings. The Labute approximate surface area is 136 Å². The van der Waals surface area contributed by atoms with Crippen LogP contribution in [0.4, 0.5) is 17.6 Å². The van der Waals surface area contributed by atoms with Gasteiger partial charge in [-0.1, -0.05) is 0 Å². The van der Waals surface area contributed by atoms with E-state index < -0.39 is 57.5 Å². The number of esters is 2. The zero-order valence-electron chi connectivity index (χ0n) is 14.1. The smallest absolute Gasteiger partial charge is 0.344 e. The van der Waals surface area contributed by atoms with Crippen molar-refractivity contribution in [2.45, 2.75) is 52.7 Å². The van der Waals surface area contributed by atoms with E-state index in [0.29, 0.717) is 0 Å². The molecule has 0 aliphatic rings. The standard InChI is InChI=1S/C16H18F4O4/c1-15(2,3)23-13(21)7-9(17)11(19)8(12(20)10(7)18)14(22)24-16(4,5)6/h1-6H3. The third-order valence-electron chi connectivity index (χ3n) is 2.47. The average molecular weight is 350 g/mol. The Morgan fingerprint density at radius 2 is 0.833 bits per heavy atom. The van der Waals surface area contributed by atoms with Gasteiger partial charge in [-0.05, 0) is 41.5 Å². The highest BCUT2D eigenvalue weighted by atomic mass is 19.2. The number of ether oxygens (including phenoxy) is 2. The Balaban J connectivity index is 3.46. The van der Waals surface area contributed by atoms with Crippen LogP contribution in [0.1, 0.15) is 62.3 Å². The fourth-order valence-electron chi connectivity index (χ4n) is 1.65. The molecule has 0 fully saturated rings. The number of carbonyl (C=O) groups excluding carboxylic acids is 2. The zero-order valence-corrected chi connectivity index (χ0v) is 14.1. The van der Waals surface area contributed by atoms with Crippen molar-refractivity contribution in [2.75, 3.05) is 0 Å². The van der Waals surface area contributed by atoms with E-state index in [1.807, 2.05) is 0 Å². The van der Waals surface area contributed by atoms with Gasteiger partial charge in [-0.3, -0.25) is 0 Å². The molecule has 0 aliphatic carbocycles. The molecule has 0 aliphatic heterocycles. The molecule has 1 rings (SSSR count). The fraction of sp³-hybridized carbons (Fsp3) is 0.500. The predicted molar refractivity (Wildman–Crippen MR) is 76.6 cm³/mol. The topological polar surface area (TPSA) is 52.6 Å². The number of hydrogen-bond acceptors (Lipinski definition) is 4. The highest BCUT2D eigenvalue weighted by Gasteiger charge is 2.36. The summed E-state index contributed by atoms with van der Waals surface area (Å²) in [5.74, 6) is -11.3. The van der Waals surface area contributed by atoms with Gasteiger partial charge in [0.2, 0.25) is 0 Å². The lowest BCUT2D eigenvalue weighted by atomic mass is 10.1. The number of rotatable bonds is 2. The summed E-state index contributed by atoms with van der Waals surface area (Å²) in [5.41, 5.74) is -5.39. The molecule has 0 spiro atoms. The summed E-state index contributed by atoms with van der Waals surface area (Å²) < 4.78 is 65.5. The lowest BCUT2D eigenvalue weighted by Gasteiger charge is -2.21. The van der Waals surface area contributed by atoms with Crippen molar-refractivity contribution in [3.8, 4) is 0 Å². The molecule has 0 aromatic heterocycles. The Hall–Kier alpha value is -2.12.